The monoisotopic (exact) mass is 253 g/mol. The fourth-order valence-corrected chi connectivity index (χ4v) is 2.37. The minimum absolute atomic E-state index is 0.238. The molecule has 0 fully saturated rings. The van der Waals surface area contributed by atoms with Crippen molar-refractivity contribution in [3.05, 3.63) is 29.3 Å². The quantitative estimate of drug-likeness (QED) is 0.733. The van der Waals surface area contributed by atoms with Gasteiger partial charge in [-0.3, -0.25) is 0 Å². The van der Waals surface area contributed by atoms with Crippen molar-refractivity contribution in [3.8, 4) is 0 Å². The van der Waals surface area contributed by atoms with E-state index >= 15 is 0 Å². The second-order valence-electron chi connectivity index (χ2n) is 4.69. The number of aliphatic hydroxyl groups is 1. The average molecular weight is 253 g/mol. The molecule has 0 bridgehead atoms. The second kappa shape index (κ2) is 7.75. The Morgan fingerprint density at radius 3 is 2.71 bits per heavy atom. The first kappa shape index (κ1) is 14.6. The first-order chi connectivity index (χ1) is 8.13. The molecule has 1 rings (SSSR count). The molecule has 0 amide bonds. The highest BCUT2D eigenvalue weighted by atomic mass is 32.2. The van der Waals surface area contributed by atoms with E-state index in [0.29, 0.717) is 5.92 Å². The number of hydrogen-bond donors (Lipinski definition) is 2. The maximum atomic E-state index is 8.79. The predicted octanol–water partition coefficient (Wildman–Crippen LogP) is 2.83. The zero-order chi connectivity index (χ0) is 12.7. The van der Waals surface area contributed by atoms with Gasteiger partial charge < -0.3 is 10.4 Å². The highest BCUT2D eigenvalue weighted by molar-refractivity contribution is 7.99. The fraction of sp³-hybridized carbons (Fsp3) is 0.571. The van der Waals surface area contributed by atoms with Gasteiger partial charge in [-0.2, -0.15) is 0 Å². The third-order valence-corrected chi connectivity index (χ3v) is 3.52. The molecule has 1 aromatic carbocycles. The normalized spacial score (nSPS) is 11.1. The van der Waals surface area contributed by atoms with Crippen LogP contribution >= 0.6 is 11.8 Å². The van der Waals surface area contributed by atoms with Gasteiger partial charge in [-0.25, -0.2) is 0 Å². The van der Waals surface area contributed by atoms with Crippen LogP contribution in [0.5, 0.6) is 0 Å². The van der Waals surface area contributed by atoms with Crippen LogP contribution in [0.25, 0.3) is 0 Å². The number of nitrogens with one attached hydrogen (secondary N) is 1. The number of hydrogen-bond acceptors (Lipinski definition) is 3. The van der Waals surface area contributed by atoms with Crippen LogP contribution in [-0.4, -0.2) is 24.0 Å². The molecular weight excluding hydrogens is 230 g/mol. The Balaban J connectivity index is 2.50. The van der Waals surface area contributed by atoms with Crippen LogP contribution in [0.15, 0.2) is 23.1 Å². The van der Waals surface area contributed by atoms with Crippen molar-refractivity contribution in [2.24, 2.45) is 5.92 Å². The minimum atomic E-state index is 0.238. The molecule has 1 aromatic rings. The van der Waals surface area contributed by atoms with Gasteiger partial charge in [0.15, 0.2) is 0 Å². The summed E-state index contributed by atoms with van der Waals surface area (Å²) in [4.78, 5) is 1.24. The van der Waals surface area contributed by atoms with E-state index < -0.39 is 0 Å². The van der Waals surface area contributed by atoms with Gasteiger partial charge in [0.2, 0.25) is 0 Å². The molecule has 0 saturated carbocycles. The lowest BCUT2D eigenvalue weighted by Crippen LogP contribution is -2.19. The average Bonchev–Trinajstić information content (AvgIpc) is 2.28. The summed E-state index contributed by atoms with van der Waals surface area (Å²) in [5, 5.41) is 12.2. The Hall–Kier alpha value is -0.510. The first-order valence-electron chi connectivity index (χ1n) is 6.17. The molecule has 2 nitrogen and oxygen atoms in total. The van der Waals surface area contributed by atoms with Gasteiger partial charge in [-0.05, 0) is 42.6 Å². The van der Waals surface area contributed by atoms with Gasteiger partial charge in [0.05, 0.1) is 6.61 Å². The number of aryl methyl sites for hydroxylation is 1. The highest BCUT2D eigenvalue weighted by Crippen LogP contribution is 2.21. The molecule has 0 aliphatic heterocycles. The second-order valence-corrected chi connectivity index (χ2v) is 5.85. The number of benzene rings is 1. The Labute approximate surface area is 109 Å². The van der Waals surface area contributed by atoms with Crippen LogP contribution in [0, 0.1) is 12.8 Å². The summed E-state index contributed by atoms with van der Waals surface area (Å²) in [6, 6.07) is 6.52. The molecule has 17 heavy (non-hydrogen) atoms. The van der Waals surface area contributed by atoms with Crippen LogP contribution in [0.4, 0.5) is 0 Å². The summed E-state index contributed by atoms with van der Waals surface area (Å²) in [5.41, 5.74) is 2.68. The number of thioether (sulfide) groups is 1. The molecule has 0 heterocycles. The molecule has 2 N–H and O–H groups in total. The van der Waals surface area contributed by atoms with E-state index in [1.807, 2.05) is 0 Å². The Bertz CT molecular complexity index is 339. The predicted molar refractivity (Wildman–Crippen MR) is 75.5 cm³/mol. The molecule has 0 saturated heterocycles. The number of aliphatic hydroxyl groups excluding tert-OH is 1. The van der Waals surface area contributed by atoms with Gasteiger partial charge in [-0.15, -0.1) is 11.8 Å². The molecule has 0 atom stereocenters. The van der Waals surface area contributed by atoms with E-state index in [-0.39, 0.29) is 6.61 Å². The van der Waals surface area contributed by atoms with Crippen LogP contribution < -0.4 is 5.32 Å². The van der Waals surface area contributed by atoms with E-state index in [0.717, 1.165) is 18.8 Å². The summed E-state index contributed by atoms with van der Waals surface area (Å²) in [6.45, 7) is 8.81. The van der Waals surface area contributed by atoms with Crippen LogP contribution in [-0.2, 0) is 6.54 Å². The third kappa shape index (κ3) is 5.57. The smallest absolute Gasteiger partial charge is 0.0525 e. The van der Waals surface area contributed by atoms with Gasteiger partial charge in [-0.1, -0.05) is 19.9 Å². The van der Waals surface area contributed by atoms with Crippen molar-refractivity contribution in [2.75, 3.05) is 18.9 Å². The molecular formula is C14H23NOS. The molecule has 0 aliphatic carbocycles. The Morgan fingerprint density at radius 2 is 2.12 bits per heavy atom. The molecule has 0 unspecified atom stereocenters. The topological polar surface area (TPSA) is 32.3 Å². The molecule has 3 heteroatoms. The molecule has 0 radical (unpaired) electrons. The maximum absolute atomic E-state index is 8.79. The zero-order valence-corrected chi connectivity index (χ0v) is 11.8. The van der Waals surface area contributed by atoms with Gasteiger partial charge in [0.1, 0.15) is 0 Å². The maximum Gasteiger partial charge on any atom is 0.0525 e. The van der Waals surface area contributed by atoms with E-state index in [1.54, 1.807) is 11.8 Å². The van der Waals surface area contributed by atoms with Crippen molar-refractivity contribution in [1.29, 1.82) is 0 Å². The van der Waals surface area contributed by atoms with Crippen molar-refractivity contribution < 1.29 is 5.11 Å². The van der Waals surface area contributed by atoms with Crippen LogP contribution in [0.2, 0.25) is 0 Å². The van der Waals surface area contributed by atoms with Gasteiger partial charge in [0, 0.05) is 17.2 Å². The lowest BCUT2D eigenvalue weighted by atomic mass is 10.1. The Morgan fingerprint density at radius 1 is 1.35 bits per heavy atom. The molecule has 0 aromatic heterocycles. The lowest BCUT2D eigenvalue weighted by Gasteiger charge is -2.11. The van der Waals surface area contributed by atoms with Crippen molar-refractivity contribution in [3.63, 3.8) is 0 Å². The van der Waals surface area contributed by atoms with Crippen molar-refractivity contribution in [2.45, 2.75) is 32.2 Å². The van der Waals surface area contributed by atoms with Crippen molar-refractivity contribution >= 4 is 11.8 Å². The minimum Gasteiger partial charge on any atom is -0.396 e. The summed E-state index contributed by atoms with van der Waals surface area (Å²) >= 11 is 1.70. The molecule has 0 aliphatic rings. The molecule has 96 valence electrons. The van der Waals surface area contributed by atoms with E-state index in [1.165, 1.54) is 16.0 Å². The summed E-state index contributed by atoms with van der Waals surface area (Å²) in [5.74, 6) is 1.46. The summed E-state index contributed by atoms with van der Waals surface area (Å²) < 4.78 is 0. The van der Waals surface area contributed by atoms with Gasteiger partial charge in [0.25, 0.3) is 0 Å². The van der Waals surface area contributed by atoms with E-state index in [2.05, 4.69) is 44.3 Å². The lowest BCUT2D eigenvalue weighted by molar-refractivity contribution is 0.322. The Kier molecular flexibility index (Phi) is 6.63. The fourth-order valence-electron chi connectivity index (χ4n) is 1.62. The van der Waals surface area contributed by atoms with Crippen LogP contribution in [0.1, 0.15) is 25.0 Å². The van der Waals surface area contributed by atoms with Crippen molar-refractivity contribution in [1.82, 2.24) is 5.32 Å². The zero-order valence-electron chi connectivity index (χ0n) is 11.0. The largest absolute Gasteiger partial charge is 0.396 e. The summed E-state index contributed by atoms with van der Waals surface area (Å²) in [7, 11) is 0. The number of rotatable bonds is 7. The highest BCUT2D eigenvalue weighted by Gasteiger charge is 2.01. The molecule has 0 spiro atoms. The summed E-state index contributed by atoms with van der Waals surface area (Å²) in [6.07, 6.45) is 0. The van der Waals surface area contributed by atoms with E-state index in [4.69, 9.17) is 5.11 Å². The SMILES string of the molecule is Cc1cc(SCCO)ccc1CNCC(C)C. The standard InChI is InChI=1S/C14H23NOS/c1-11(2)9-15-10-13-4-5-14(8-12(13)3)17-7-6-16/h4-5,8,11,15-16H,6-7,9-10H2,1-3H3. The van der Waals surface area contributed by atoms with Crippen LogP contribution in [0.3, 0.4) is 0 Å². The third-order valence-electron chi connectivity index (χ3n) is 2.54. The van der Waals surface area contributed by atoms with Gasteiger partial charge >= 0.3 is 0 Å². The first-order valence-corrected chi connectivity index (χ1v) is 7.16. The van der Waals surface area contributed by atoms with E-state index in [9.17, 15) is 0 Å².